The first-order chi connectivity index (χ1) is 7.88. The molecule has 0 aromatic rings. The first-order valence-electron chi connectivity index (χ1n) is 5.64. The van der Waals surface area contributed by atoms with E-state index in [4.69, 9.17) is 5.26 Å². The molecule has 0 N–H and O–H groups in total. The molecule has 2 nitrogen and oxygen atoms in total. The number of rotatable bonds is 4. The summed E-state index contributed by atoms with van der Waals surface area (Å²) in [6.07, 6.45) is -0.727. The van der Waals surface area contributed by atoms with Crippen LogP contribution in [0.3, 0.4) is 0 Å². The highest BCUT2D eigenvalue weighted by atomic mass is 32.2. The lowest BCUT2D eigenvalue weighted by atomic mass is 9.87. The van der Waals surface area contributed by atoms with Crippen LogP contribution in [-0.4, -0.2) is 28.6 Å². The smallest absolute Gasteiger partial charge is 0.244 e. The van der Waals surface area contributed by atoms with Gasteiger partial charge in [-0.1, -0.05) is 13.8 Å². The number of Topliss-reactive ketones (excluding diaryl/α,β-unsaturated/α-hetero) is 1. The highest BCUT2D eigenvalue weighted by Gasteiger charge is 2.33. The van der Waals surface area contributed by atoms with E-state index in [1.54, 1.807) is 0 Å². The molecule has 1 rings (SSSR count). The molecule has 1 fully saturated rings. The van der Waals surface area contributed by atoms with Crippen molar-refractivity contribution in [3.63, 3.8) is 0 Å². The minimum atomic E-state index is -2.54. The van der Waals surface area contributed by atoms with Crippen molar-refractivity contribution in [3.8, 4) is 6.07 Å². The Morgan fingerprint density at radius 3 is 2.35 bits per heavy atom. The number of ketones is 1. The third-order valence-corrected chi connectivity index (χ3v) is 5.34. The molecule has 1 saturated heterocycles. The van der Waals surface area contributed by atoms with Crippen LogP contribution in [0.15, 0.2) is 0 Å². The number of hydrogen-bond donors (Lipinski definition) is 0. The van der Waals surface area contributed by atoms with Crippen LogP contribution < -0.4 is 0 Å². The minimum absolute atomic E-state index is 0.233. The van der Waals surface area contributed by atoms with Gasteiger partial charge < -0.3 is 0 Å². The van der Waals surface area contributed by atoms with Crippen LogP contribution in [0.5, 0.6) is 0 Å². The van der Waals surface area contributed by atoms with E-state index in [1.807, 2.05) is 6.07 Å². The van der Waals surface area contributed by atoms with Gasteiger partial charge in [0, 0.05) is 11.8 Å². The van der Waals surface area contributed by atoms with Gasteiger partial charge in [0.2, 0.25) is 6.43 Å². The van der Waals surface area contributed by atoms with Gasteiger partial charge >= 0.3 is 0 Å². The molecule has 1 aliphatic heterocycles. The lowest BCUT2D eigenvalue weighted by Crippen LogP contribution is -2.28. The quantitative estimate of drug-likeness (QED) is 0.730. The Labute approximate surface area is 103 Å². The van der Waals surface area contributed by atoms with E-state index in [2.05, 4.69) is 0 Å². The van der Waals surface area contributed by atoms with Crippen LogP contribution in [-0.2, 0) is 4.79 Å². The maximum absolute atomic E-state index is 12.7. The molecule has 0 aromatic heterocycles. The van der Waals surface area contributed by atoms with Gasteiger partial charge in [0.05, 0.1) is 0 Å². The van der Waals surface area contributed by atoms with E-state index in [9.17, 15) is 13.6 Å². The summed E-state index contributed by atoms with van der Waals surface area (Å²) in [6.45, 7) is 2.73. The zero-order valence-electron chi connectivity index (χ0n) is 10.1. The molecule has 17 heavy (non-hydrogen) atoms. The van der Waals surface area contributed by atoms with Crippen molar-refractivity contribution in [2.45, 2.75) is 39.5 Å². The number of hydrogen-bond acceptors (Lipinski definition) is 2. The molecule has 5 heteroatoms. The lowest BCUT2D eigenvalue weighted by Gasteiger charge is -2.22. The van der Waals surface area contributed by atoms with Gasteiger partial charge in [0.15, 0.2) is 5.78 Å². The highest BCUT2D eigenvalue weighted by Crippen LogP contribution is 2.32. The second-order valence-corrected chi connectivity index (χ2v) is 7.15. The highest BCUT2D eigenvalue weighted by molar-refractivity contribution is 8.17. The normalized spacial score (nSPS) is 17.2. The Balaban J connectivity index is 2.83. The van der Waals surface area contributed by atoms with E-state index in [0.29, 0.717) is 0 Å². The van der Waals surface area contributed by atoms with Crippen LogP contribution in [0.1, 0.15) is 33.1 Å². The lowest BCUT2D eigenvalue weighted by molar-refractivity contribution is -0.117. The fourth-order valence-electron chi connectivity index (χ4n) is 1.72. The number of alkyl halides is 2. The molecular formula is C12H17F2NOS. The van der Waals surface area contributed by atoms with Crippen LogP contribution >= 0.6 is 10.5 Å². The SMILES string of the molecule is CC(C)(CC(=O)C(C#N)=S1CCCC1)C(F)F. The predicted molar refractivity (Wildman–Crippen MR) is 66.6 cm³/mol. The topological polar surface area (TPSA) is 40.9 Å². The average molecular weight is 261 g/mol. The first kappa shape index (κ1) is 14.3. The summed E-state index contributed by atoms with van der Waals surface area (Å²) in [5, 5.41) is 9.00. The van der Waals surface area contributed by atoms with Crippen LogP contribution in [0, 0.1) is 16.7 Å². The van der Waals surface area contributed by atoms with E-state index in [-0.39, 0.29) is 27.6 Å². The van der Waals surface area contributed by atoms with Crippen molar-refractivity contribution in [2.24, 2.45) is 5.41 Å². The van der Waals surface area contributed by atoms with Crippen molar-refractivity contribution >= 4 is 21.1 Å². The number of nitriles is 1. The van der Waals surface area contributed by atoms with E-state index in [1.165, 1.54) is 13.8 Å². The Morgan fingerprint density at radius 2 is 1.94 bits per heavy atom. The zero-order valence-corrected chi connectivity index (χ0v) is 10.9. The molecule has 0 aromatic carbocycles. The Kier molecular flexibility index (Phi) is 4.81. The van der Waals surface area contributed by atoms with Crippen molar-refractivity contribution in [2.75, 3.05) is 11.5 Å². The van der Waals surface area contributed by atoms with Crippen LogP contribution in [0.25, 0.3) is 0 Å². The van der Waals surface area contributed by atoms with Crippen molar-refractivity contribution in [1.29, 1.82) is 5.26 Å². The molecular weight excluding hydrogens is 244 g/mol. The summed E-state index contributed by atoms with van der Waals surface area (Å²) in [5.41, 5.74) is -1.34. The third kappa shape index (κ3) is 3.60. The molecule has 0 radical (unpaired) electrons. The Morgan fingerprint density at radius 1 is 1.41 bits per heavy atom. The van der Waals surface area contributed by atoms with E-state index < -0.39 is 11.8 Å². The van der Waals surface area contributed by atoms with E-state index in [0.717, 1.165) is 24.3 Å². The van der Waals surface area contributed by atoms with Gasteiger partial charge in [0.25, 0.3) is 0 Å². The zero-order chi connectivity index (χ0) is 13.1. The summed E-state index contributed by atoms with van der Waals surface area (Å²) < 4.78 is 25.4. The fraction of sp³-hybridized carbons (Fsp3) is 0.750. The average Bonchev–Trinajstić information content (AvgIpc) is 2.71. The molecule has 0 unspecified atom stereocenters. The maximum Gasteiger partial charge on any atom is 0.244 e. The predicted octanol–water partition coefficient (Wildman–Crippen LogP) is 3.00. The molecule has 0 spiro atoms. The van der Waals surface area contributed by atoms with Gasteiger partial charge in [-0.3, -0.25) is 4.79 Å². The summed E-state index contributed by atoms with van der Waals surface area (Å²) >= 11 is 0. The van der Waals surface area contributed by atoms with Crippen LogP contribution in [0.2, 0.25) is 0 Å². The third-order valence-electron chi connectivity index (χ3n) is 2.88. The minimum Gasteiger partial charge on any atom is -0.293 e. The summed E-state index contributed by atoms with van der Waals surface area (Å²) in [7, 11) is -0.282. The molecule has 0 bridgehead atoms. The van der Waals surface area contributed by atoms with Gasteiger partial charge in [-0.05, 0) is 24.3 Å². The monoisotopic (exact) mass is 261 g/mol. The Bertz CT molecular complexity index is 374. The van der Waals surface area contributed by atoms with Crippen molar-refractivity contribution < 1.29 is 13.6 Å². The number of carbonyl (C=O) groups is 1. The van der Waals surface area contributed by atoms with Gasteiger partial charge in [-0.15, -0.1) is 0 Å². The molecule has 96 valence electrons. The fourth-order valence-corrected chi connectivity index (χ4v) is 3.96. The first-order valence-corrected chi connectivity index (χ1v) is 7.20. The second kappa shape index (κ2) is 5.72. The molecule has 0 aliphatic carbocycles. The van der Waals surface area contributed by atoms with Gasteiger partial charge in [-0.2, -0.15) is 15.7 Å². The molecule has 0 atom stereocenters. The summed E-state index contributed by atoms with van der Waals surface area (Å²) in [5.74, 6) is 1.34. The summed E-state index contributed by atoms with van der Waals surface area (Å²) in [4.78, 5) is 12.1. The Hall–Kier alpha value is -0.760. The van der Waals surface area contributed by atoms with Gasteiger partial charge in [0.1, 0.15) is 10.9 Å². The van der Waals surface area contributed by atoms with Crippen molar-refractivity contribution in [1.82, 2.24) is 0 Å². The number of halogens is 2. The van der Waals surface area contributed by atoms with Gasteiger partial charge in [-0.25, -0.2) is 8.78 Å². The molecule has 0 amide bonds. The number of nitrogens with zero attached hydrogens (tertiary/aromatic N) is 1. The molecule has 0 saturated carbocycles. The number of carbonyl (C=O) groups excluding carboxylic acids is 1. The largest absolute Gasteiger partial charge is 0.293 e. The van der Waals surface area contributed by atoms with Crippen LogP contribution in [0.4, 0.5) is 8.78 Å². The second-order valence-electron chi connectivity index (χ2n) is 4.94. The molecule has 1 aliphatic rings. The van der Waals surface area contributed by atoms with E-state index >= 15 is 0 Å². The standard InChI is InChI=1S/C12H17F2NOS/c1-12(2,11(13)14)7-9(16)10(8-15)17-5-3-4-6-17/h11H,3-7H2,1-2H3. The molecule has 1 heterocycles. The maximum atomic E-state index is 12.7. The van der Waals surface area contributed by atoms with Crippen molar-refractivity contribution in [3.05, 3.63) is 0 Å². The summed E-state index contributed by atoms with van der Waals surface area (Å²) in [6, 6.07) is 1.94.